The van der Waals surface area contributed by atoms with Crippen LogP contribution < -0.4 is 15.5 Å². The number of nitrogens with zero attached hydrogens (tertiary/aromatic N) is 3. The van der Waals surface area contributed by atoms with Crippen molar-refractivity contribution in [1.82, 2.24) is 9.88 Å². The third-order valence-electron chi connectivity index (χ3n) is 5.10. The Bertz CT molecular complexity index is 865. The van der Waals surface area contributed by atoms with E-state index in [-0.39, 0.29) is 18.4 Å². The number of likely N-dealkylation sites (N-methyl/N-ethyl adjacent to an activating group) is 1. The summed E-state index contributed by atoms with van der Waals surface area (Å²) >= 11 is 0. The Hall–Kier alpha value is -2.97. The largest absolute Gasteiger partial charge is 0.378 e. The number of ether oxygens (including phenoxy) is 1. The molecule has 0 spiro atoms. The molecule has 2 amide bonds. The first-order chi connectivity index (χ1) is 14.4. The van der Waals surface area contributed by atoms with Gasteiger partial charge in [0.1, 0.15) is 5.82 Å². The lowest BCUT2D eigenvalue weighted by molar-refractivity contribution is -0.122. The number of hydrogen-bond acceptors (Lipinski definition) is 6. The molecule has 2 heterocycles. The van der Waals surface area contributed by atoms with E-state index in [9.17, 15) is 9.59 Å². The summed E-state index contributed by atoms with van der Waals surface area (Å²) in [7, 11) is 1.75. The molecule has 1 aliphatic heterocycles. The zero-order valence-electron chi connectivity index (χ0n) is 17.7. The van der Waals surface area contributed by atoms with E-state index in [1.54, 1.807) is 24.9 Å². The third-order valence-corrected chi connectivity index (χ3v) is 5.10. The number of morpholine rings is 1. The van der Waals surface area contributed by atoms with E-state index in [4.69, 9.17) is 4.74 Å². The highest BCUT2D eigenvalue weighted by molar-refractivity contribution is 5.96. The van der Waals surface area contributed by atoms with Crippen LogP contribution in [0.3, 0.4) is 0 Å². The van der Waals surface area contributed by atoms with Crippen molar-refractivity contribution in [2.24, 2.45) is 0 Å². The Morgan fingerprint density at radius 1 is 1.13 bits per heavy atom. The Kier molecular flexibility index (Phi) is 7.37. The van der Waals surface area contributed by atoms with E-state index in [1.165, 1.54) is 0 Å². The summed E-state index contributed by atoms with van der Waals surface area (Å²) in [6.45, 7) is 6.92. The summed E-state index contributed by atoms with van der Waals surface area (Å²) in [5, 5.41) is 5.67. The van der Waals surface area contributed by atoms with Crippen molar-refractivity contribution in [3.8, 4) is 0 Å². The van der Waals surface area contributed by atoms with Gasteiger partial charge < -0.3 is 20.3 Å². The molecule has 1 atom stereocenters. The van der Waals surface area contributed by atoms with Gasteiger partial charge >= 0.3 is 0 Å². The van der Waals surface area contributed by atoms with Gasteiger partial charge in [-0.05, 0) is 57.3 Å². The number of carbonyl (C=O) groups is 2. The molecule has 0 saturated carbocycles. The molecule has 3 rings (SSSR count). The maximum atomic E-state index is 12.6. The van der Waals surface area contributed by atoms with E-state index in [0.717, 1.165) is 43.4 Å². The van der Waals surface area contributed by atoms with Crippen molar-refractivity contribution in [2.45, 2.75) is 19.9 Å². The highest BCUT2D eigenvalue weighted by Gasteiger charge is 2.20. The van der Waals surface area contributed by atoms with Gasteiger partial charge in [0.05, 0.1) is 25.8 Å². The minimum atomic E-state index is -0.472. The highest BCUT2D eigenvalue weighted by Crippen LogP contribution is 2.19. The van der Waals surface area contributed by atoms with Crippen LogP contribution in [0.2, 0.25) is 0 Å². The summed E-state index contributed by atoms with van der Waals surface area (Å²) in [5.41, 5.74) is 2.67. The molecule has 160 valence electrons. The second-order valence-corrected chi connectivity index (χ2v) is 7.44. The normalized spacial score (nSPS) is 15.0. The zero-order valence-corrected chi connectivity index (χ0v) is 17.7. The van der Waals surface area contributed by atoms with Crippen LogP contribution in [0.1, 0.15) is 12.6 Å². The quantitative estimate of drug-likeness (QED) is 0.726. The second kappa shape index (κ2) is 10.2. The molecule has 1 aromatic heterocycles. The van der Waals surface area contributed by atoms with Crippen molar-refractivity contribution in [3.05, 3.63) is 48.2 Å². The number of amides is 2. The standard InChI is InChI=1S/C22H29N5O3/c1-16-5-4-6-20(23-16)25-21(28)15-26(3)17(2)22(29)24-18-7-9-19(10-8-18)27-11-13-30-14-12-27/h4-10,17H,11-15H2,1-3H3,(H,24,29)(H,23,25,28). The number of nitrogens with one attached hydrogen (secondary N) is 2. The lowest BCUT2D eigenvalue weighted by Crippen LogP contribution is -2.43. The van der Waals surface area contributed by atoms with Gasteiger partial charge in [0.25, 0.3) is 0 Å². The van der Waals surface area contributed by atoms with Crippen LogP contribution in [0, 0.1) is 6.92 Å². The van der Waals surface area contributed by atoms with Crippen LogP contribution in [0.25, 0.3) is 0 Å². The van der Waals surface area contributed by atoms with Gasteiger partial charge in [0.2, 0.25) is 11.8 Å². The maximum absolute atomic E-state index is 12.6. The highest BCUT2D eigenvalue weighted by atomic mass is 16.5. The van der Waals surface area contributed by atoms with Crippen LogP contribution in [-0.4, -0.2) is 67.6 Å². The van der Waals surface area contributed by atoms with E-state index < -0.39 is 6.04 Å². The first kappa shape index (κ1) is 21.7. The molecule has 1 fully saturated rings. The molecule has 1 unspecified atom stereocenters. The van der Waals surface area contributed by atoms with Crippen molar-refractivity contribution in [2.75, 3.05) is 55.4 Å². The fourth-order valence-electron chi connectivity index (χ4n) is 3.18. The average Bonchev–Trinajstić information content (AvgIpc) is 2.74. The first-order valence-electron chi connectivity index (χ1n) is 10.1. The first-order valence-corrected chi connectivity index (χ1v) is 10.1. The number of anilines is 3. The summed E-state index contributed by atoms with van der Waals surface area (Å²) in [4.78, 5) is 33.1. The Balaban J connectivity index is 1.49. The van der Waals surface area contributed by atoms with Gasteiger partial charge in [-0.1, -0.05) is 6.07 Å². The van der Waals surface area contributed by atoms with Gasteiger partial charge in [-0.3, -0.25) is 14.5 Å². The number of carbonyl (C=O) groups excluding carboxylic acids is 2. The Morgan fingerprint density at radius 3 is 2.50 bits per heavy atom. The number of pyridine rings is 1. The van der Waals surface area contributed by atoms with Gasteiger partial charge in [-0.2, -0.15) is 0 Å². The molecule has 1 aromatic carbocycles. The predicted molar refractivity (Wildman–Crippen MR) is 118 cm³/mol. The molecular formula is C22H29N5O3. The number of aryl methyl sites for hydroxylation is 1. The minimum absolute atomic E-state index is 0.0835. The van der Waals surface area contributed by atoms with Gasteiger partial charge in [-0.25, -0.2) is 4.98 Å². The van der Waals surface area contributed by atoms with E-state index in [0.29, 0.717) is 5.82 Å². The SMILES string of the molecule is Cc1cccc(NC(=O)CN(C)C(C)C(=O)Nc2ccc(N3CCOCC3)cc2)n1. The Labute approximate surface area is 177 Å². The van der Waals surface area contributed by atoms with E-state index in [1.807, 2.05) is 43.3 Å². The molecule has 1 aliphatic rings. The molecule has 30 heavy (non-hydrogen) atoms. The molecular weight excluding hydrogens is 382 g/mol. The van der Waals surface area contributed by atoms with Crippen LogP contribution in [0.15, 0.2) is 42.5 Å². The Morgan fingerprint density at radius 2 is 1.83 bits per heavy atom. The lowest BCUT2D eigenvalue weighted by atomic mass is 10.2. The summed E-state index contributed by atoms with van der Waals surface area (Å²) in [6.07, 6.45) is 0. The number of hydrogen-bond donors (Lipinski definition) is 2. The zero-order chi connectivity index (χ0) is 21.5. The van der Waals surface area contributed by atoms with Crippen LogP contribution in [0.5, 0.6) is 0 Å². The smallest absolute Gasteiger partial charge is 0.241 e. The second-order valence-electron chi connectivity index (χ2n) is 7.44. The summed E-state index contributed by atoms with van der Waals surface area (Å²) in [5.74, 6) is 0.120. The van der Waals surface area contributed by atoms with Gasteiger partial charge in [-0.15, -0.1) is 0 Å². The molecule has 8 nitrogen and oxygen atoms in total. The molecule has 0 radical (unpaired) electrons. The topological polar surface area (TPSA) is 86.8 Å². The molecule has 1 saturated heterocycles. The van der Waals surface area contributed by atoms with Crippen LogP contribution >= 0.6 is 0 Å². The van der Waals surface area contributed by atoms with Gasteiger partial charge in [0.15, 0.2) is 0 Å². The fourth-order valence-corrected chi connectivity index (χ4v) is 3.18. The van der Waals surface area contributed by atoms with Crippen LogP contribution in [-0.2, 0) is 14.3 Å². The average molecular weight is 412 g/mol. The van der Waals surface area contributed by atoms with Crippen LogP contribution in [0.4, 0.5) is 17.2 Å². The van der Waals surface area contributed by atoms with Crippen molar-refractivity contribution < 1.29 is 14.3 Å². The minimum Gasteiger partial charge on any atom is -0.378 e. The molecule has 0 aliphatic carbocycles. The predicted octanol–water partition coefficient (Wildman–Crippen LogP) is 2.12. The van der Waals surface area contributed by atoms with E-state index in [2.05, 4.69) is 20.5 Å². The van der Waals surface area contributed by atoms with Crippen molar-refractivity contribution >= 4 is 29.0 Å². The number of rotatable bonds is 7. The van der Waals surface area contributed by atoms with Crippen molar-refractivity contribution in [3.63, 3.8) is 0 Å². The lowest BCUT2D eigenvalue weighted by Gasteiger charge is -2.29. The summed E-state index contributed by atoms with van der Waals surface area (Å²) in [6, 6.07) is 12.7. The fraction of sp³-hybridized carbons (Fsp3) is 0.409. The van der Waals surface area contributed by atoms with E-state index >= 15 is 0 Å². The molecule has 8 heteroatoms. The monoisotopic (exact) mass is 411 g/mol. The third kappa shape index (κ3) is 6.01. The number of aromatic nitrogens is 1. The molecule has 2 N–H and O–H groups in total. The summed E-state index contributed by atoms with van der Waals surface area (Å²) < 4.78 is 5.38. The molecule has 2 aromatic rings. The number of benzene rings is 1. The van der Waals surface area contributed by atoms with Crippen molar-refractivity contribution in [1.29, 1.82) is 0 Å². The molecule has 0 bridgehead atoms. The van der Waals surface area contributed by atoms with Gasteiger partial charge in [0, 0.05) is 30.2 Å². The maximum Gasteiger partial charge on any atom is 0.241 e.